The molecule has 1 atom stereocenters. The van der Waals surface area contributed by atoms with E-state index >= 15 is 0 Å². The van der Waals surface area contributed by atoms with E-state index in [0.29, 0.717) is 19.1 Å². The van der Waals surface area contributed by atoms with Gasteiger partial charge in [0.15, 0.2) is 0 Å². The molecule has 35 heavy (non-hydrogen) atoms. The summed E-state index contributed by atoms with van der Waals surface area (Å²) in [7, 11) is 0. The summed E-state index contributed by atoms with van der Waals surface area (Å²) in [6.45, 7) is 13.4. The zero-order valence-electron chi connectivity index (χ0n) is 22.1. The van der Waals surface area contributed by atoms with E-state index in [2.05, 4.69) is 105 Å². The fourth-order valence-corrected chi connectivity index (χ4v) is 5.16. The molecule has 0 aliphatic heterocycles. The van der Waals surface area contributed by atoms with Gasteiger partial charge in [0.25, 0.3) is 0 Å². The molecule has 1 aliphatic rings. The van der Waals surface area contributed by atoms with E-state index in [1.54, 1.807) is 0 Å². The Morgan fingerprint density at radius 3 is 1.94 bits per heavy atom. The van der Waals surface area contributed by atoms with Crippen molar-refractivity contribution in [3.63, 3.8) is 0 Å². The first-order valence-electron chi connectivity index (χ1n) is 13.4. The Kier molecular flexibility index (Phi) is 11.3. The summed E-state index contributed by atoms with van der Waals surface area (Å²) >= 11 is 0. The van der Waals surface area contributed by atoms with Crippen molar-refractivity contribution in [3.05, 3.63) is 95.2 Å². The lowest BCUT2D eigenvalue weighted by Crippen LogP contribution is -2.31. The van der Waals surface area contributed by atoms with Crippen molar-refractivity contribution in [2.45, 2.75) is 47.0 Å². The van der Waals surface area contributed by atoms with Crippen LogP contribution in [0.25, 0.3) is 11.1 Å². The van der Waals surface area contributed by atoms with Crippen molar-refractivity contribution < 1.29 is 9.47 Å². The largest absolute Gasteiger partial charge is 0.378 e. The van der Waals surface area contributed by atoms with Gasteiger partial charge in [-0.1, -0.05) is 72.8 Å². The molecule has 1 unspecified atom stereocenters. The van der Waals surface area contributed by atoms with Crippen LogP contribution in [0.4, 0.5) is 0 Å². The first kappa shape index (κ1) is 27.0. The van der Waals surface area contributed by atoms with Gasteiger partial charge in [0.05, 0.1) is 13.2 Å². The molecule has 3 rings (SSSR count). The highest BCUT2D eigenvalue weighted by Gasteiger charge is 2.31. The topological polar surface area (TPSA) is 21.7 Å². The third-order valence-corrected chi connectivity index (χ3v) is 6.79. The fourth-order valence-electron chi connectivity index (χ4n) is 5.16. The van der Waals surface area contributed by atoms with Crippen molar-refractivity contribution in [1.29, 1.82) is 0 Å². The molecule has 2 aromatic rings. The quantitative estimate of drug-likeness (QED) is 0.279. The number of rotatable bonds is 13. The van der Waals surface area contributed by atoms with Crippen LogP contribution in [0.3, 0.4) is 0 Å². The van der Waals surface area contributed by atoms with E-state index in [0.717, 1.165) is 39.1 Å². The van der Waals surface area contributed by atoms with Gasteiger partial charge in [-0.15, -0.1) is 0 Å². The Morgan fingerprint density at radius 1 is 0.800 bits per heavy atom. The minimum Gasteiger partial charge on any atom is -0.378 e. The smallest absolute Gasteiger partial charge is 0.0656 e. The second kappa shape index (κ2) is 14.7. The fraction of sp³-hybridized carbons (Fsp3) is 0.438. The summed E-state index contributed by atoms with van der Waals surface area (Å²) in [6.07, 6.45) is 8.02. The molecule has 188 valence electrons. The molecule has 0 amide bonds. The number of benzene rings is 2. The molecule has 0 spiro atoms. The molecule has 0 saturated carbocycles. The lowest BCUT2D eigenvalue weighted by molar-refractivity contribution is 0.177. The van der Waals surface area contributed by atoms with Gasteiger partial charge in [0.2, 0.25) is 0 Å². The highest BCUT2D eigenvalue weighted by atomic mass is 16.5. The molecule has 0 aromatic heterocycles. The van der Waals surface area contributed by atoms with Crippen LogP contribution in [0.5, 0.6) is 0 Å². The normalized spacial score (nSPS) is 17.1. The lowest BCUT2D eigenvalue weighted by atomic mass is 9.76. The van der Waals surface area contributed by atoms with Crippen molar-refractivity contribution in [1.82, 2.24) is 4.90 Å². The van der Waals surface area contributed by atoms with Crippen LogP contribution >= 0.6 is 0 Å². The predicted molar refractivity (Wildman–Crippen MR) is 149 cm³/mol. The van der Waals surface area contributed by atoms with Crippen LogP contribution in [-0.2, 0) is 9.47 Å². The van der Waals surface area contributed by atoms with Crippen LogP contribution in [0.1, 0.15) is 58.1 Å². The van der Waals surface area contributed by atoms with Crippen LogP contribution in [0.15, 0.2) is 84.1 Å². The number of ether oxygens (including phenoxy) is 2. The van der Waals surface area contributed by atoms with Gasteiger partial charge in [-0.2, -0.15) is 0 Å². The maximum Gasteiger partial charge on any atom is 0.0656 e. The summed E-state index contributed by atoms with van der Waals surface area (Å²) in [6, 6.07) is 21.7. The van der Waals surface area contributed by atoms with Crippen molar-refractivity contribution in [2.75, 3.05) is 39.5 Å². The third-order valence-electron chi connectivity index (χ3n) is 6.79. The molecule has 0 saturated heterocycles. The Balaban J connectivity index is 2.20. The van der Waals surface area contributed by atoms with E-state index in [-0.39, 0.29) is 0 Å². The number of hydrogen-bond acceptors (Lipinski definition) is 3. The first-order chi connectivity index (χ1) is 17.2. The minimum atomic E-state index is 0.334. The highest BCUT2D eigenvalue weighted by molar-refractivity contribution is 5.82. The molecule has 2 aromatic carbocycles. The van der Waals surface area contributed by atoms with Crippen LogP contribution in [-0.4, -0.2) is 44.4 Å². The maximum absolute atomic E-state index is 5.80. The van der Waals surface area contributed by atoms with Gasteiger partial charge in [0, 0.05) is 37.9 Å². The molecule has 3 nitrogen and oxygen atoms in total. The number of nitrogens with zero attached hydrogens (tertiary/aromatic N) is 1. The number of hydrogen-bond donors (Lipinski definition) is 0. The molecule has 1 aliphatic carbocycles. The molecule has 0 N–H and O–H groups in total. The minimum absolute atomic E-state index is 0.334. The first-order valence-corrected chi connectivity index (χ1v) is 13.4. The summed E-state index contributed by atoms with van der Waals surface area (Å²) in [5.74, 6) is 0.334. The zero-order valence-corrected chi connectivity index (χ0v) is 22.1. The van der Waals surface area contributed by atoms with Gasteiger partial charge in [-0.3, -0.25) is 0 Å². The van der Waals surface area contributed by atoms with Crippen molar-refractivity contribution in [3.8, 4) is 0 Å². The van der Waals surface area contributed by atoms with Crippen LogP contribution in [0.2, 0.25) is 0 Å². The lowest BCUT2D eigenvalue weighted by Gasteiger charge is -2.39. The Morgan fingerprint density at radius 2 is 1.37 bits per heavy atom. The Labute approximate surface area is 213 Å². The SMILES string of the molecule is CCOC/C=C(\C1=C(N(CC)CC)C(/C(=C\COCC)c2ccccc2)CCC1)c1ccccc1. The van der Waals surface area contributed by atoms with Crippen molar-refractivity contribution >= 4 is 11.1 Å². The summed E-state index contributed by atoms with van der Waals surface area (Å²) in [5.41, 5.74) is 8.21. The summed E-state index contributed by atoms with van der Waals surface area (Å²) < 4.78 is 11.6. The van der Waals surface area contributed by atoms with E-state index in [4.69, 9.17) is 9.47 Å². The van der Waals surface area contributed by atoms with Crippen LogP contribution in [0, 0.1) is 5.92 Å². The highest BCUT2D eigenvalue weighted by Crippen LogP contribution is 2.44. The Bertz CT molecular complexity index is 971. The Hall–Kier alpha value is -2.62. The average molecular weight is 474 g/mol. The average Bonchev–Trinajstić information content (AvgIpc) is 2.91. The van der Waals surface area contributed by atoms with Gasteiger partial charge in [-0.05, 0) is 74.8 Å². The van der Waals surface area contributed by atoms with E-state index in [1.807, 2.05) is 0 Å². The zero-order chi connectivity index (χ0) is 24.9. The second-order valence-corrected chi connectivity index (χ2v) is 8.81. The molecular weight excluding hydrogens is 430 g/mol. The van der Waals surface area contributed by atoms with Gasteiger partial charge < -0.3 is 14.4 Å². The molecule has 0 radical (unpaired) electrons. The predicted octanol–water partition coefficient (Wildman–Crippen LogP) is 7.62. The number of allylic oxidation sites excluding steroid dienone is 3. The molecule has 0 fully saturated rings. The molecule has 0 heterocycles. The third kappa shape index (κ3) is 7.19. The van der Waals surface area contributed by atoms with E-state index in [1.165, 1.54) is 40.0 Å². The second-order valence-electron chi connectivity index (χ2n) is 8.81. The standard InChI is InChI=1S/C32H43NO2/c1-5-33(6-2)32-30(28(22-24-34-7-3)26-16-11-9-12-17-26)20-15-21-31(32)29(23-25-35-8-4)27-18-13-10-14-19-27/h9-14,16-19,22-23,30H,5-8,15,20-21,24-25H2,1-4H3/b28-22-,29-23-. The van der Waals surface area contributed by atoms with E-state index in [9.17, 15) is 0 Å². The van der Waals surface area contributed by atoms with Gasteiger partial charge in [-0.25, -0.2) is 0 Å². The summed E-state index contributed by atoms with van der Waals surface area (Å²) in [5, 5.41) is 0. The molecular formula is C32H43NO2. The van der Waals surface area contributed by atoms with E-state index < -0.39 is 0 Å². The van der Waals surface area contributed by atoms with Crippen molar-refractivity contribution in [2.24, 2.45) is 5.92 Å². The monoisotopic (exact) mass is 473 g/mol. The van der Waals surface area contributed by atoms with Crippen LogP contribution < -0.4 is 0 Å². The van der Waals surface area contributed by atoms with Gasteiger partial charge in [0.1, 0.15) is 0 Å². The molecule has 0 bridgehead atoms. The molecule has 3 heteroatoms. The maximum atomic E-state index is 5.80. The van der Waals surface area contributed by atoms with Gasteiger partial charge >= 0.3 is 0 Å². The summed E-state index contributed by atoms with van der Waals surface area (Å²) in [4.78, 5) is 2.58.